The van der Waals surface area contributed by atoms with Gasteiger partial charge in [0.1, 0.15) is 6.54 Å². The Bertz CT molecular complexity index is 1390. The molecule has 1 atom stereocenters. The summed E-state index contributed by atoms with van der Waals surface area (Å²) in [6.07, 6.45) is 0.680. The number of carbonyl (C=O) groups excluding carboxylic acids is 1. The van der Waals surface area contributed by atoms with Crippen LogP contribution in [0.15, 0.2) is 53.3 Å². The average molecular weight is 489 g/mol. The minimum Gasteiger partial charge on any atom is -0.465 e. The zero-order valence-corrected chi connectivity index (χ0v) is 21.2. The number of hydrogen-bond donors (Lipinski definition) is 1. The molecule has 2 aromatic carbocycles. The molecule has 0 fully saturated rings. The molecule has 4 aromatic rings. The van der Waals surface area contributed by atoms with Crippen LogP contribution in [0.25, 0.3) is 10.9 Å². The number of nitrogens with one attached hydrogen (secondary N) is 1. The van der Waals surface area contributed by atoms with Crippen molar-refractivity contribution in [2.45, 2.75) is 59.8 Å². The van der Waals surface area contributed by atoms with Crippen molar-refractivity contribution in [1.29, 1.82) is 0 Å². The first-order valence-electron chi connectivity index (χ1n) is 12.2. The molecule has 0 aliphatic rings. The van der Waals surface area contributed by atoms with Crippen molar-refractivity contribution < 1.29 is 9.53 Å². The Hall–Kier alpha value is -3.85. The van der Waals surface area contributed by atoms with Crippen LogP contribution in [0.2, 0.25) is 0 Å². The van der Waals surface area contributed by atoms with E-state index in [-0.39, 0.29) is 24.8 Å². The molecule has 0 spiro atoms. The first kappa shape index (κ1) is 25.2. The Morgan fingerprint density at radius 3 is 2.53 bits per heavy atom. The lowest BCUT2D eigenvalue weighted by Crippen LogP contribution is -2.33. The number of aromatic nitrogens is 5. The number of rotatable bonds is 10. The number of nitrogens with zero attached hydrogens (tertiary/aromatic N) is 5. The number of H-pyrrole nitrogens is 1. The third-order valence-corrected chi connectivity index (χ3v) is 6.23. The Balaban J connectivity index is 1.72. The van der Waals surface area contributed by atoms with Crippen LogP contribution in [0.3, 0.4) is 0 Å². The predicted molar refractivity (Wildman–Crippen MR) is 137 cm³/mol. The minimum atomic E-state index is -0.396. The van der Waals surface area contributed by atoms with Gasteiger partial charge in [-0.1, -0.05) is 48.4 Å². The molecule has 2 heterocycles. The molecule has 0 radical (unpaired) electrons. The number of carbonyl (C=O) groups is 1. The topological polar surface area (TPSA) is 106 Å². The summed E-state index contributed by atoms with van der Waals surface area (Å²) in [5.74, 6) is 0.165. The molecular weight excluding hydrogens is 456 g/mol. The Labute approximate surface area is 210 Å². The van der Waals surface area contributed by atoms with Crippen LogP contribution in [-0.2, 0) is 29.2 Å². The Morgan fingerprint density at radius 1 is 1.06 bits per heavy atom. The predicted octanol–water partition coefficient (Wildman–Crippen LogP) is 3.85. The second kappa shape index (κ2) is 11.3. The lowest BCUT2D eigenvalue weighted by molar-refractivity contribution is -0.144. The Kier molecular flexibility index (Phi) is 7.90. The van der Waals surface area contributed by atoms with Gasteiger partial charge in [0, 0.05) is 24.2 Å². The molecular formula is C27H32N6O3. The summed E-state index contributed by atoms with van der Waals surface area (Å²) in [4.78, 5) is 30.4. The van der Waals surface area contributed by atoms with E-state index in [0.717, 1.165) is 22.0 Å². The van der Waals surface area contributed by atoms with Crippen molar-refractivity contribution in [1.82, 2.24) is 30.1 Å². The van der Waals surface area contributed by atoms with E-state index in [9.17, 15) is 9.59 Å². The molecule has 1 N–H and O–H groups in total. The summed E-state index contributed by atoms with van der Waals surface area (Å²) >= 11 is 0. The quantitative estimate of drug-likeness (QED) is 0.338. The zero-order valence-electron chi connectivity index (χ0n) is 21.2. The van der Waals surface area contributed by atoms with Crippen molar-refractivity contribution >= 4 is 16.9 Å². The highest BCUT2D eigenvalue weighted by Gasteiger charge is 2.27. The molecule has 4 rings (SSSR count). The Morgan fingerprint density at radius 2 is 1.81 bits per heavy atom. The van der Waals surface area contributed by atoms with E-state index < -0.39 is 5.97 Å². The molecule has 9 nitrogen and oxygen atoms in total. The van der Waals surface area contributed by atoms with Gasteiger partial charge in [-0.05, 0) is 66.8 Å². The van der Waals surface area contributed by atoms with Crippen molar-refractivity contribution in [3.05, 3.63) is 87.0 Å². The van der Waals surface area contributed by atoms with Crippen molar-refractivity contribution in [2.24, 2.45) is 0 Å². The van der Waals surface area contributed by atoms with Crippen LogP contribution in [0.5, 0.6) is 0 Å². The highest BCUT2D eigenvalue weighted by atomic mass is 16.5. The molecule has 1 unspecified atom stereocenters. The van der Waals surface area contributed by atoms with E-state index >= 15 is 0 Å². The lowest BCUT2D eigenvalue weighted by atomic mass is 10.1. The monoisotopic (exact) mass is 488 g/mol. The maximum absolute atomic E-state index is 13.0. The number of aromatic amines is 1. The van der Waals surface area contributed by atoms with Crippen molar-refractivity contribution in [3.8, 4) is 0 Å². The molecule has 0 aliphatic carbocycles. The number of esters is 1. The van der Waals surface area contributed by atoms with E-state index in [1.807, 2.05) is 32.0 Å². The third-order valence-electron chi connectivity index (χ3n) is 6.23. The summed E-state index contributed by atoms with van der Waals surface area (Å²) in [5, 5.41) is 13.1. The van der Waals surface area contributed by atoms with Gasteiger partial charge in [-0.3, -0.25) is 14.5 Å². The molecule has 0 aliphatic heterocycles. The fraction of sp³-hybridized carbons (Fsp3) is 0.370. The van der Waals surface area contributed by atoms with Gasteiger partial charge < -0.3 is 9.72 Å². The second-order valence-electron chi connectivity index (χ2n) is 9.03. The summed E-state index contributed by atoms with van der Waals surface area (Å²) in [5.41, 5.74) is 4.75. The van der Waals surface area contributed by atoms with Crippen LogP contribution >= 0.6 is 0 Å². The second-order valence-corrected chi connectivity index (χ2v) is 9.03. The first-order valence-corrected chi connectivity index (χ1v) is 12.2. The SMILES string of the molecule is CCOC(=O)Cn1nnnc1C(CC)N(Cc1ccc(C)cc1)Cc1cc2cc(C)ccc2[nH]c1=O. The highest BCUT2D eigenvalue weighted by Crippen LogP contribution is 2.27. The van der Waals surface area contributed by atoms with Gasteiger partial charge >= 0.3 is 5.97 Å². The molecule has 9 heteroatoms. The maximum atomic E-state index is 13.0. The summed E-state index contributed by atoms with van der Waals surface area (Å²) < 4.78 is 6.59. The van der Waals surface area contributed by atoms with Gasteiger partial charge in [0.05, 0.1) is 12.6 Å². The van der Waals surface area contributed by atoms with Gasteiger partial charge in [-0.2, -0.15) is 0 Å². The summed E-state index contributed by atoms with van der Waals surface area (Å²) in [6, 6.07) is 16.0. The van der Waals surface area contributed by atoms with Crippen LogP contribution in [-0.4, -0.2) is 42.7 Å². The zero-order chi connectivity index (χ0) is 25.7. The minimum absolute atomic E-state index is 0.0686. The molecule has 2 aromatic heterocycles. The normalized spacial score (nSPS) is 12.2. The maximum Gasteiger partial charge on any atom is 0.327 e. The number of fused-ring (bicyclic) bond motifs is 1. The molecule has 188 valence electrons. The van der Waals surface area contributed by atoms with Gasteiger partial charge in [-0.15, -0.1) is 5.10 Å². The average Bonchev–Trinajstić information content (AvgIpc) is 3.29. The number of hydrogen-bond acceptors (Lipinski definition) is 7. The van der Waals surface area contributed by atoms with Crippen LogP contribution < -0.4 is 5.56 Å². The highest BCUT2D eigenvalue weighted by molar-refractivity contribution is 5.79. The first-order chi connectivity index (χ1) is 17.4. The molecule has 0 saturated heterocycles. The van der Waals surface area contributed by atoms with Crippen LogP contribution in [0, 0.1) is 13.8 Å². The summed E-state index contributed by atoms with van der Waals surface area (Å²) in [6.45, 7) is 9.08. The third kappa shape index (κ3) is 5.85. The standard InChI is InChI=1S/C27H32N6O3/c1-5-24(26-29-30-31-33(26)17-25(34)36-6-2)32(15-20-10-7-18(3)8-11-20)16-22-14-21-13-19(4)9-12-23(21)28-27(22)35/h7-14,24H,5-6,15-17H2,1-4H3,(H,28,35). The van der Waals surface area contributed by atoms with Crippen molar-refractivity contribution in [3.63, 3.8) is 0 Å². The van der Waals surface area contributed by atoms with Crippen molar-refractivity contribution in [2.75, 3.05) is 6.61 Å². The number of pyridine rings is 1. The van der Waals surface area contributed by atoms with E-state index in [1.54, 1.807) is 6.92 Å². The van der Waals surface area contributed by atoms with Gasteiger partial charge in [0.25, 0.3) is 5.56 Å². The van der Waals surface area contributed by atoms with E-state index in [0.29, 0.717) is 30.9 Å². The van der Waals surface area contributed by atoms with Gasteiger partial charge in [0.2, 0.25) is 0 Å². The lowest BCUT2D eigenvalue weighted by Gasteiger charge is -2.30. The molecule has 0 bridgehead atoms. The van der Waals surface area contributed by atoms with Gasteiger partial charge in [-0.25, -0.2) is 4.68 Å². The molecule has 0 amide bonds. The molecule has 36 heavy (non-hydrogen) atoms. The number of tetrazole rings is 1. The van der Waals surface area contributed by atoms with E-state index in [4.69, 9.17) is 4.74 Å². The number of benzene rings is 2. The number of ether oxygens (including phenoxy) is 1. The fourth-order valence-corrected chi connectivity index (χ4v) is 4.41. The number of aryl methyl sites for hydroxylation is 2. The van der Waals surface area contributed by atoms with Gasteiger partial charge in [0.15, 0.2) is 5.82 Å². The van der Waals surface area contributed by atoms with Crippen LogP contribution in [0.4, 0.5) is 0 Å². The summed E-state index contributed by atoms with van der Waals surface area (Å²) in [7, 11) is 0. The van der Waals surface area contributed by atoms with E-state index in [1.165, 1.54) is 10.2 Å². The van der Waals surface area contributed by atoms with Crippen LogP contribution in [0.1, 0.15) is 54.4 Å². The largest absolute Gasteiger partial charge is 0.465 e. The molecule has 0 saturated carbocycles. The smallest absolute Gasteiger partial charge is 0.327 e. The fourth-order valence-electron chi connectivity index (χ4n) is 4.41. The van der Waals surface area contributed by atoms with E-state index in [2.05, 4.69) is 62.7 Å².